The Morgan fingerprint density at radius 2 is 0.867 bits per heavy atom. The summed E-state index contributed by atoms with van der Waals surface area (Å²) < 4.78 is 44.3. The second-order valence-corrected chi connectivity index (χ2v) is 16.5. The minimum Gasteiger partial charge on any atom is -0.310 e. The number of hydrogen-bond acceptors (Lipinski definition) is 2. The van der Waals surface area contributed by atoms with Gasteiger partial charge >= 0.3 is 0 Å². The number of rotatable bonds is 6. The van der Waals surface area contributed by atoms with Crippen LogP contribution in [0.1, 0.15) is 54.1 Å². The van der Waals surface area contributed by atoms with E-state index in [1.807, 2.05) is 47.4 Å². The van der Waals surface area contributed by atoms with E-state index in [9.17, 15) is 2.74 Å². The summed E-state index contributed by atoms with van der Waals surface area (Å²) in [6, 6.07) is 64.7. The molecule has 0 aliphatic heterocycles. The number of nitrogens with zero attached hydrogens (tertiary/aromatic N) is 2. The zero-order valence-corrected chi connectivity index (χ0v) is 33.3. The van der Waals surface area contributed by atoms with E-state index in [1.165, 1.54) is 33.4 Å². The molecule has 0 saturated heterocycles. The summed E-state index contributed by atoms with van der Waals surface area (Å²) in [5.41, 5.74) is 17.9. The van der Waals surface area contributed by atoms with Crippen molar-refractivity contribution in [3.05, 3.63) is 252 Å². The lowest BCUT2D eigenvalue weighted by molar-refractivity contribution is 0.660. The molecule has 0 amide bonds. The third kappa shape index (κ3) is 4.76. The van der Waals surface area contributed by atoms with Gasteiger partial charge in [0.05, 0.1) is 18.0 Å². The predicted molar refractivity (Wildman–Crippen MR) is 250 cm³/mol. The molecule has 0 saturated carbocycles. The molecule has 12 rings (SSSR count). The van der Waals surface area contributed by atoms with Crippen LogP contribution in [0.3, 0.4) is 0 Å². The molecule has 0 radical (unpaired) electrons. The molecule has 0 aromatic heterocycles. The summed E-state index contributed by atoms with van der Waals surface area (Å²) in [5.74, 6) is 0. The Labute approximate surface area is 359 Å². The van der Waals surface area contributed by atoms with Crippen LogP contribution in [0.25, 0.3) is 33.4 Å². The van der Waals surface area contributed by atoms with Gasteiger partial charge in [-0.2, -0.15) is 0 Å². The van der Waals surface area contributed by atoms with Crippen molar-refractivity contribution in [2.45, 2.75) is 24.7 Å². The molecule has 1 unspecified atom stereocenters. The zero-order valence-electron chi connectivity index (χ0n) is 38.3. The second-order valence-electron chi connectivity index (χ2n) is 16.5. The molecule has 3 aliphatic carbocycles. The molecule has 0 heterocycles. The average Bonchev–Trinajstić information content (AvgIpc) is 3.90. The van der Waals surface area contributed by atoms with Crippen LogP contribution in [0.4, 0.5) is 34.1 Å². The highest BCUT2D eigenvalue weighted by molar-refractivity contribution is 6.02. The summed E-state index contributed by atoms with van der Waals surface area (Å²) in [5, 5.41) is 0. The van der Waals surface area contributed by atoms with E-state index in [0.717, 1.165) is 56.1 Å². The van der Waals surface area contributed by atoms with Gasteiger partial charge in [-0.1, -0.05) is 165 Å². The van der Waals surface area contributed by atoms with Crippen molar-refractivity contribution >= 4 is 34.1 Å². The third-order valence-electron chi connectivity index (χ3n) is 13.1. The van der Waals surface area contributed by atoms with Gasteiger partial charge in [-0.25, -0.2) is 0 Å². The standard InChI is InChI=1S/C58H42N2/c1-57(2)49-28-15-12-25-44(49)46-35-33-43(38-54(46)57)59(39-19-6-3-7-20-39)42-34-36-52-48(37-42)45-26-13-16-29-50(45)58(52)51-30-17-14-27-47(51)56-53(58)31-18-32-55(56)60(40-21-8-4-9-22-40)41-23-10-5-11-24-41/h3-38H,1-2H3/i4D,8D,9D,21D,22D. The Kier molecular flexibility index (Phi) is 6.47. The minimum absolute atomic E-state index is 0.103. The van der Waals surface area contributed by atoms with Crippen molar-refractivity contribution in [3.8, 4) is 33.4 Å². The first-order valence-corrected chi connectivity index (χ1v) is 20.6. The molecule has 60 heavy (non-hydrogen) atoms. The number of benzene rings is 9. The van der Waals surface area contributed by atoms with E-state index in [0.29, 0.717) is 5.69 Å². The molecule has 3 aliphatic rings. The highest BCUT2D eigenvalue weighted by Gasteiger charge is 2.52. The van der Waals surface area contributed by atoms with Crippen LogP contribution in [-0.4, -0.2) is 0 Å². The lowest BCUT2D eigenvalue weighted by Gasteiger charge is -2.32. The molecular weight excluding hydrogens is 725 g/mol. The largest absolute Gasteiger partial charge is 0.310 e. The Morgan fingerprint density at radius 1 is 0.350 bits per heavy atom. The van der Waals surface area contributed by atoms with Crippen LogP contribution < -0.4 is 9.80 Å². The van der Waals surface area contributed by atoms with Gasteiger partial charge in [-0.15, -0.1) is 0 Å². The summed E-state index contributed by atoms with van der Waals surface area (Å²) in [7, 11) is 0. The number of para-hydroxylation sites is 3. The van der Waals surface area contributed by atoms with E-state index >= 15 is 0 Å². The van der Waals surface area contributed by atoms with Crippen molar-refractivity contribution in [2.75, 3.05) is 9.80 Å². The van der Waals surface area contributed by atoms with E-state index in [4.69, 9.17) is 4.11 Å². The molecule has 284 valence electrons. The van der Waals surface area contributed by atoms with Crippen molar-refractivity contribution in [3.63, 3.8) is 0 Å². The number of fused-ring (bicyclic) bond motifs is 13. The van der Waals surface area contributed by atoms with Crippen LogP contribution in [0.5, 0.6) is 0 Å². The van der Waals surface area contributed by atoms with Gasteiger partial charge in [0.1, 0.15) is 0 Å². The van der Waals surface area contributed by atoms with Gasteiger partial charge < -0.3 is 9.80 Å². The van der Waals surface area contributed by atoms with Crippen molar-refractivity contribution in [2.24, 2.45) is 0 Å². The van der Waals surface area contributed by atoms with Crippen LogP contribution >= 0.6 is 0 Å². The van der Waals surface area contributed by atoms with Gasteiger partial charge in [-0.05, 0) is 128 Å². The lowest BCUT2D eigenvalue weighted by atomic mass is 9.70. The van der Waals surface area contributed by atoms with Crippen molar-refractivity contribution in [1.29, 1.82) is 0 Å². The fourth-order valence-corrected chi connectivity index (χ4v) is 10.7. The maximum Gasteiger partial charge on any atom is 0.0726 e. The highest BCUT2D eigenvalue weighted by Crippen LogP contribution is 2.65. The van der Waals surface area contributed by atoms with E-state index in [2.05, 4.69) is 164 Å². The summed E-state index contributed by atoms with van der Waals surface area (Å²) in [4.78, 5) is 4.23. The Balaban J connectivity index is 1.09. The van der Waals surface area contributed by atoms with Crippen LogP contribution in [0.2, 0.25) is 0 Å². The van der Waals surface area contributed by atoms with Crippen molar-refractivity contribution < 1.29 is 6.85 Å². The molecule has 2 nitrogen and oxygen atoms in total. The number of hydrogen-bond donors (Lipinski definition) is 0. The summed E-state index contributed by atoms with van der Waals surface area (Å²) in [6.07, 6.45) is 0. The fourth-order valence-electron chi connectivity index (χ4n) is 10.7. The third-order valence-corrected chi connectivity index (χ3v) is 13.1. The molecule has 0 fully saturated rings. The quantitative estimate of drug-likeness (QED) is 0.166. The van der Waals surface area contributed by atoms with E-state index < -0.39 is 11.5 Å². The molecular formula is C58H42N2. The van der Waals surface area contributed by atoms with E-state index in [-0.39, 0.29) is 35.3 Å². The minimum atomic E-state index is -0.713. The van der Waals surface area contributed by atoms with E-state index in [1.54, 1.807) is 0 Å². The first-order valence-electron chi connectivity index (χ1n) is 23.1. The normalized spacial score (nSPS) is 16.9. The van der Waals surface area contributed by atoms with Gasteiger partial charge in [0.15, 0.2) is 0 Å². The molecule has 1 atom stereocenters. The first kappa shape index (κ1) is 29.7. The molecule has 2 heteroatoms. The highest BCUT2D eigenvalue weighted by atomic mass is 15.1. The van der Waals surface area contributed by atoms with Gasteiger partial charge in [0.2, 0.25) is 0 Å². The van der Waals surface area contributed by atoms with Crippen LogP contribution in [0.15, 0.2) is 218 Å². The Bertz CT molecular complexity index is 3410. The lowest BCUT2D eigenvalue weighted by Crippen LogP contribution is -2.26. The van der Waals surface area contributed by atoms with Gasteiger partial charge in [-0.3, -0.25) is 0 Å². The van der Waals surface area contributed by atoms with Crippen LogP contribution in [0, 0.1) is 0 Å². The van der Waals surface area contributed by atoms with Crippen LogP contribution in [-0.2, 0) is 10.8 Å². The molecule has 0 N–H and O–H groups in total. The van der Waals surface area contributed by atoms with Gasteiger partial charge in [0, 0.05) is 39.4 Å². The Hall–Kier alpha value is -7.42. The van der Waals surface area contributed by atoms with Crippen molar-refractivity contribution in [1.82, 2.24) is 0 Å². The zero-order chi connectivity index (χ0) is 44.4. The SMILES string of the molecule is [2H]c1c([2H])c([2H])c(N(c2ccccc2)c2cccc3c2-c2ccccc2C32c3ccccc3-c3cc(N(c4ccccc4)c4ccc5c(c4)C(C)(C)c4ccccc4-5)ccc32)c([2H])c1[2H]. The maximum absolute atomic E-state index is 9.21. The first-order chi connectivity index (χ1) is 31.6. The maximum atomic E-state index is 9.21. The molecule has 9 aromatic rings. The fraction of sp³-hybridized carbons (Fsp3) is 0.0690. The second kappa shape index (κ2) is 13.0. The molecule has 1 spiro atoms. The smallest absolute Gasteiger partial charge is 0.0726 e. The molecule has 9 aromatic carbocycles. The summed E-state index contributed by atoms with van der Waals surface area (Å²) >= 11 is 0. The topological polar surface area (TPSA) is 6.48 Å². The average molecular weight is 772 g/mol. The number of anilines is 6. The van der Waals surface area contributed by atoms with Gasteiger partial charge in [0.25, 0.3) is 0 Å². The monoisotopic (exact) mass is 771 g/mol. The predicted octanol–water partition coefficient (Wildman–Crippen LogP) is 15.3. The summed E-state index contributed by atoms with van der Waals surface area (Å²) in [6.45, 7) is 4.65. The molecule has 0 bridgehead atoms. The Morgan fingerprint density at radius 3 is 1.58 bits per heavy atom.